The van der Waals surface area contributed by atoms with Gasteiger partial charge in [0.25, 0.3) is 0 Å². The number of piperidine rings is 1. The van der Waals surface area contributed by atoms with E-state index in [2.05, 4.69) is 4.90 Å². The van der Waals surface area contributed by atoms with Crippen LogP contribution in [0.5, 0.6) is 5.75 Å². The van der Waals surface area contributed by atoms with Crippen LogP contribution in [0.2, 0.25) is 0 Å². The topological polar surface area (TPSA) is 38.5 Å². The first kappa shape index (κ1) is 13.3. The predicted molar refractivity (Wildman–Crippen MR) is 70.1 cm³/mol. The average molecular weight is 252 g/mol. The molecule has 0 amide bonds. The number of ether oxygens (including phenoxy) is 1. The van der Waals surface area contributed by atoms with Crippen LogP contribution in [-0.2, 0) is 0 Å². The second kappa shape index (κ2) is 5.67. The highest BCUT2D eigenvalue weighted by Crippen LogP contribution is 2.32. The van der Waals surface area contributed by atoms with Gasteiger partial charge in [-0.25, -0.2) is 4.39 Å². The first-order valence-electron chi connectivity index (χ1n) is 6.45. The Kier molecular flexibility index (Phi) is 4.19. The normalized spacial score (nSPS) is 22.8. The van der Waals surface area contributed by atoms with Crippen LogP contribution in [0, 0.1) is 5.82 Å². The lowest BCUT2D eigenvalue weighted by molar-refractivity contribution is 0.154. The molecule has 1 aromatic carbocycles. The van der Waals surface area contributed by atoms with Gasteiger partial charge in [0.2, 0.25) is 0 Å². The van der Waals surface area contributed by atoms with Crippen LogP contribution in [0.25, 0.3) is 0 Å². The summed E-state index contributed by atoms with van der Waals surface area (Å²) in [5, 5.41) is 0. The van der Waals surface area contributed by atoms with Crippen molar-refractivity contribution in [2.45, 2.75) is 31.8 Å². The fourth-order valence-electron chi connectivity index (χ4n) is 2.68. The lowest BCUT2D eigenvalue weighted by Crippen LogP contribution is -2.44. The Balaban J connectivity index is 2.24. The van der Waals surface area contributed by atoms with Crippen LogP contribution >= 0.6 is 0 Å². The van der Waals surface area contributed by atoms with Crippen LogP contribution in [0.1, 0.15) is 31.4 Å². The van der Waals surface area contributed by atoms with Crippen LogP contribution in [0.15, 0.2) is 18.2 Å². The Hall–Kier alpha value is -1.13. The summed E-state index contributed by atoms with van der Waals surface area (Å²) >= 11 is 0. The molecule has 100 valence electrons. The molecule has 0 aliphatic carbocycles. The molecular formula is C14H21FN2O. The van der Waals surface area contributed by atoms with E-state index in [0.29, 0.717) is 11.3 Å². The van der Waals surface area contributed by atoms with E-state index < -0.39 is 0 Å². The van der Waals surface area contributed by atoms with Gasteiger partial charge in [0, 0.05) is 24.2 Å². The van der Waals surface area contributed by atoms with E-state index in [9.17, 15) is 4.39 Å². The maximum atomic E-state index is 14.0. The van der Waals surface area contributed by atoms with Gasteiger partial charge in [-0.2, -0.15) is 0 Å². The number of nitrogens with two attached hydrogens (primary N) is 1. The molecule has 3 nitrogen and oxygen atoms in total. The zero-order chi connectivity index (χ0) is 13.1. The van der Waals surface area contributed by atoms with Gasteiger partial charge < -0.3 is 10.5 Å². The summed E-state index contributed by atoms with van der Waals surface area (Å²) in [4.78, 5) is 2.23. The van der Waals surface area contributed by atoms with Gasteiger partial charge in [-0.15, -0.1) is 0 Å². The van der Waals surface area contributed by atoms with Crippen molar-refractivity contribution in [3.05, 3.63) is 29.6 Å². The highest BCUT2D eigenvalue weighted by Gasteiger charge is 2.26. The van der Waals surface area contributed by atoms with Gasteiger partial charge in [-0.1, -0.05) is 6.07 Å². The summed E-state index contributed by atoms with van der Waals surface area (Å²) in [6, 6.07) is 5.15. The Labute approximate surface area is 108 Å². The molecule has 0 saturated carbocycles. The molecule has 1 aliphatic rings. The summed E-state index contributed by atoms with van der Waals surface area (Å²) in [5.41, 5.74) is 6.62. The second-order valence-electron chi connectivity index (χ2n) is 4.93. The lowest BCUT2D eigenvalue weighted by atomic mass is 10.00. The van der Waals surface area contributed by atoms with Crippen molar-refractivity contribution < 1.29 is 9.13 Å². The van der Waals surface area contributed by atoms with E-state index in [-0.39, 0.29) is 17.9 Å². The first-order chi connectivity index (χ1) is 8.63. The second-order valence-corrected chi connectivity index (χ2v) is 4.93. The maximum absolute atomic E-state index is 14.0. The van der Waals surface area contributed by atoms with E-state index in [1.54, 1.807) is 19.2 Å². The predicted octanol–water partition coefficient (Wildman–Crippen LogP) is 2.32. The van der Waals surface area contributed by atoms with Crippen LogP contribution in [0.4, 0.5) is 4.39 Å². The molecule has 4 heteroatoms. The Morgan fingerprint density at radius 2 is 2.28 bits per heavy atom. The molecule has 2 atom stereocenters. The molecule has 0 radical (unpaired) electrons. The van der Waals surface area contributed by atoms with Crippen molar-refractivity contribution in [2.75, 3.05) is 20.2 Å². The molecule has 1 fully saturated rings. The number of halogens is 1. The van der Waals surface area contributed by atoms with E-state index in [1.165, 1.54) is 6.07 Å². The molecule has 1 saturated heterocycles. The smallest absolute Gasteiger partial charge is 0.131 e. The SMILES string of the molecule is COc1cccc(F)c1C(C)N1CCCC(N)C1. The molecule has 1 aromatic rings. The largest absolute Gasteiger partial charge is 0.496 e. The minimum Gasteiger partial charge on any atom is -0.496 e. The van der Waals surface area contributed by atoms with Gasteiger partial charge >= 0.3 is 0 Å². The third-order valence-corrected chi connectivity index (χ3v) is 3.69. The van der Waals surface area contributed by atoms with Gasteiger partial charge in [0.1, 0.15) is 11.6 Å². The third kappa shape index (κ3) is 2.65. The molecule has 0 spiro atoms. The Morgan fingerprint density at radius 1 is 1.50 bits per heavy atom. The molecule has 2 rings (SSSR count). The standard InChI is InChI=1S/C14H21FN2O/c1-10(17-8-4-5-11(16)9-17)14-12(15)6-3-7-13(14)18-2/h3,6-7,10-11H,4-5,8-9,16H2,1-2H3. The van der Waals surface area contributed by atoms with Crippen molar-refractivity contribution in [2.24, 2.45) is 5.73 Å². The van der Waals surface area contributed by atoms with Crippen molar-refractivity contribution >= 4 is 0 Å². The number of hydrogen-bond acceptors (Lipinski definition) is 3. The summed E-state index contributed by atoms with van der Waals surface area (Å²) in [5.74, 6) is 0.405. The molecule has 2 N–H and O–H groups in total. The van der Waals surface area contributed by atoms with Crippen LogP contribution in [-0.4, -0.2) is 31.1 Å². The molecule has 0 aromatic heterocycles. The molecular weight excluding hydrogens is 231 g/mol. The molecule has 0 bridgehead atoms. The number of nitrogens with zero attached hydrogens (tertiary/aromatic N) is 1. The van der Waals surface area contributed by atoms with E-state index >= 15 is 0 Å². The maximum Gasteiger partial charge on any atom is 0.131 e. The van der Waals surface area contributed by atoms with Gasteiger partial charge in [0.15, 0.2) is 0 Å². The third-order valence-electron chi connectivity index (χ3n) is 3.69. The fourth-order valence-corrected chi connectivity index (χ4v) is 2.68. The minimum atomic E-state index is -0.207. The first-order valence-corrected chi connectivity index (χ1v) is 6.45. The van der Waals surface area contributed by atoms with Crippen molar-refractivity contribution in [1.82, 2.24) is 4.90 Å². The summed E-state index contributed by atoms with van der Waals surface area (Å²) in [6.07, 6.45) is 2.12. The Morgan fingerprint density at radius 3 is 2.94 bits per heavy atom. The van der Waals surface area contributed by atoms with E-state index in [0.717, 1.165) is 25.9 Å². The monoisotopic (exact) mass is 252 g/mol. The zero-order valence-corrected chi connectivity index (χ0v) is 11.0. The van der Waals surface area contributed by atoms with Crippen molar-refractivity contribution in [1.29, 1.82) is 0 Å². The number of hydrogen-bond donors (Lipinski definition) is 1. The summed E-state index contributed by atoms with van der Waals surface area (Å²) in [7, 11) is 1.58. The minimum absolute atomic E-state index is 0.00694. The molecule has 1 aliphatic heterocycles. The van der Waals surface area contributed by atoms with Gasteiger partial charge in [-0.3, -0.25) is 4.90 Å². The molecule has 18 heavy (non-hydrogen) atoms. The number of benzene rings is 1. The van der Waals surface area contributed by atoms with Crippen LogP contribution in [0.3, 0.4) is 0 Å². The number of rotatable bonds is 3. The highest BCUT2D eigenvalue weighted by atomic mass is 19.1. The fraction of sp³-hybridized carbons (Fsp3) is 0.571. The van der Waals surface area contributed by atoms with Crippen molar-refractivity contribution in [3.63, 3.8) is 0 Å². The van der Waals surface area contributed by atoms with Gasteiger partial charge in [0.05, 0.1) is 7.11 Å². The number of likely N-dealkylation sites (tertiary alicyclic amines) is 1. The zero-order valence-electron chi connectivity index (χ0n) is 11.0. The number of methoxy groups -OCH3 is 1. The average Bonchev–Trinajstić information content (AvgIpc) is 2.37. The van der Waals surface area contributed by atoms with Crippen LogP contribution < -0.4 is 10.5 Å². The molecule has 2 unspecified atom stereocenters. The van der Waals surface area contributed by atoms with E-state index in [4.69, 9.17) is 10.5 Å². The van der Waals surface area contributed by atoms with E-state index in [1.807, 2.05) is 6.92 Å². The summed E-state index contributed by atoms with van der Waals surface area (Å²) in [6.45, 7) is 3.80. The van der Waals surface area contributed by atoms with Crippen molar-refractivity contribution in [3.8, 4) is 5.75 Å². The highest BCUT2D eigenvalue weighted by molar-refractivity contribution is 5.37. The lowest BCUT2D eigenvalue weighted by Gasteiger charge is -2.36. The Bertz CT molecular complexity index is 411. The summed E-state index contributed by atoms with van der Waals surface area (Å²) < 4.78 is 19.3. The molecule has 1 heterocycles. The quantitative estimate of drug-likeness (QED) is 0.897. The van der Waals surface area contributed by atoms with Gasteiger partial charge in [-0.05, 0) is 38.4 Å².